The number of benzene rings is 1. The number of hydrogen-bond acceptors (Lipinski definition) is 5. The molecular formula is C12H10Cl2N4OS. The minimum absolute atomic E-state index is 0.348. The number of carbonyl (C=O) groups is 1. The summed E-state index contributed by atoms with van der Waals surface area (Å²) in [6.45, 7) is 1.71. The topological polar surface area (TPSA) is 80.4 Å². The smallest absolute Gasteiger partial charge is 0.283 e. The van der Waals surface area contributed by atoms with E-state index in [1.165, 1.54) is 6.21 Å². The van der Waals surface area contributed by atoms with E-state index < -0.39 is 0 Å². The van der Waals surface area contributed by atoms with E-state index in [4.69, 9.17) is 28.9 Å². The van der Waals surface area contributed by atoms with Gasteiger partial charge >= 0.3 is 0 Å². The van der Waals surface area contributed by atoms with Crippen LogP contribution in [0.25, 0.3) is 0 Å². The fraction of sp³-hybridized carbons (Fsp3) is 0.0833. The van der Waals surface area contributed by atoms with Crippen LogP contribution in [-0.4, -0.2) is 17.1 Å². The van der Waals surface area contributed by atoms with E-state index in [1.54, 1.807) is 25.1 Å². The highest BCUT2D eigenvalue weighted by molar-refractivity contribution is 7.17. The number of carbonyl (C=O) groups excluding carboxylic acids is 1. The molecule has 2 aromatic rings. The van der Waals surface area contributed by atoms with E-state index in [2.05, 4.69) is 15.5 Å². The van der Waals surface area contributed by atoms with Gasteiger partial charge in [-0.05, 0) is 24.6 Å². The molecule has 0 aliphatic heterocycles. The summed E-state index contributed by atoms with van der Waals surface area (Å²) in [6.07, 6.45) is 1.47. The average molecular weight is 329 g/mol. The zero-order valence-electron chi connectivity index (χ0n) is 10.4. The lowest BCUT2D eigenvalue weighted by Crippen LogP contribution is -2.17. The Labute approximate surface area is 129 Å². The Kier molecular flexibility index (Phi) is 4.59. The van der Waals surface area contributed by atoms with Crippen molar-refractivity contribution in [1.29, 1.82) is 0 Å². The maximum Gasteiger partial charge on any atom is 0.283 e. The first-order valence-corrected chi connectivity index (χ1v) is 7.06. The van der Waals surface area contributed by atoms with Crippen LogP contribution in [0, 0.1) is 6.92 Å². The molecule has 1 heterocycles. The molecule has 2 rings (SSSR count). The van der Waals surface area contributed by atoms with Crippen LogP contribution in [0.1, 0.15) is 20.9 Å². The molecule has 0 radical (unpaired) electrons. The molecule has 0 atom stereocenters. The Bertz CT molecular complexity index is 684. The van der Waals surface area contributed by atoms with E-state index in [9.17, 15) is 4.79 Å². The van der Waals surface area contributed by atoms with Gasteiger partial charge in [0, 0.05) is 0 Å². The van der Waals surface area contributed by atoms with Crippen molar-refractivity contribution in [2.45, 2.75) is 6.92 Å². The van der Waals surface area contributed by atoms with Crippen molar-refractivity contribution >= 4 is 51.8 Å². The number of amides is 1. The first-order chi connectivity index (χ1) is 9.47. The molecule has 20 heavy (non-hydrogen) atoms. The third kappa shape index (κ3) is 3.47. The van der Waals surface area contributed by atoms with E-state index in [-0.39, 0.29) is 5.91 Å². The van der Waals surface area contributed by atoms with Crippen LogP contribution in [0.3, 0.4) is 0 Å². The van der Waals surface area contributed by atoms with Gasteiger partial charge in [0.05, 0.1) is 22.0 Å². The van der Waals surface area contributed by atoms with Crippen LogP contribution >= 0.6 is 34.5 Å². The maximum absolute atomic E-state index is 11.8. The van der Waals surface area contributed by atoms with Gasteiger partial charge in [-0.1, -0.05) is 40.6 Å². The minimum atomic E-state index is -0.354. The monoisotopic (exact) mass is 328 g/mol. The van der Waals surface area contributed by atoms with Gasteiger partial charge in [-0.15, -0.1) is 0 Å². The number of nitrogens with two attached hydrogens (primary N) is 1. The van der Waals surface area contributed by atoms with E-state index in [1.807, 2.05) is 0 Å². The highest BCUT2D eigenvalue weighted by Gasteiger charge is 2.13. The second kappa shape index (κ2) is 6.21. The molecule has 0 aliphatic carbocycles. The van der Waals surface area contributed by atoms with Crippen LogP contribution in [-0.2, 0) is 0 Å². The zero-order valence-corrected chi connectivity index (χ0v) is 12.7. The largest absolute Gasteiger partial charge is 0.375 e. The Balaban J connectivity index is 2.04. The maximum atomic E-state index is 11.8. The van der Waals surface area contributed by atoms with Gasteiger partial charge in [0.1, 0.15) is 4.88 Å². The average Bonchev–Trinajstić information content (AvgIpc) is 2.73. The second-order valence-corrected chi connectivity index (χ2v) is 5.68. The lowest BCUT2D eigenvalue weighted by Gasteiger charge is -1.98. The molecule has 0 fully saturated rings. The summed E-state index contributed by atoms with van der Waals surface area (Å²) in [5.74, 6) is -0.354. The summed E-state index contributed by atoms with van der Waals surface area (Å²) >= 11 is 12.8. The second-order valence-electron chi connectivity index (χ2n) is 3.84. The number of nitrogens with zero attached hydrogens (tertiary/aromatic N) is 2. The number of aromatic nitrogens is 1. The molecule has 0 unspecified atom stereocenters. The predicted octanol–water partition coefficient (Wildman–Crippen LogP) is 3.10. The third-order valence-corrected chi connectivity index (χ3v) is 4.07. The first kappa shape index (κ1) is 14.8. The van der Waals surface area contributed by atoms with Gasteiger partial charge in [0.15, 0.2) is 5.13 Å². The van der Waals surface area contributed by atoms with Crippen molar-refractivity contribution in [2.75, 3.05) is 5.73 Å². The van der Waals surface area contributed by atoms with Crippen molar-refractivity contribution in [3.8, 4) is 0 Å². The number of hydrogen-bond donors (Lipinski definition) is 2. The molecule has 0 aliphatic rings. The van der Waals surface area contributed by atoms with Gasteiger partial charge in [-0.3, -0.25) is 4.79 Å². The van der Waals surface area contributed by atoms with Crippen molar-refractivity contribution in [3.05, 3.63) is 44.4 Å². The van der Waals surface area contributed by atoms with E-state index in [0.717, 1.165) is 16.9 Å². The lowest BCUT2D eigenvalue weighted by molar-refractivity contribution is 0.0958. The highest BCUT2D eigenvalue weighted by Crippen LogP contribution is 2.22. The Morgan fingerprint density at radius 1 is 1.45 bits per heavy atom. The fourth-order valence-electron chi connectivity index (χ4n) is 1.44. The summed E-state index contributed by atoms with van der Waals surface area (Å²) in [7, 11) is 0. The lowest BCUT2D eigenvalue weighted by atomic mass is 10.2. The first-order valence-electron chi connectivity index (χ1n) is 5.48. The number of aryl methyl sites for hydroxylation is 1. The molecular weight excluding hydrogens is 319 g/mol. The molecule has 8 heteroatoms. The number of thiazole rings is 1. The highest BCUT2D eigenvalue weighted by atomic mass is 35.5. The molecule has 1 aromatic heterocycles. The Morgan fingerprint density at radius 3 is 2.80 bits per heavy atom. The fourth-order valence-corrected chi connectivity index (χ4v) is 2.47. The number of halogens is 2. The van der Waals surface area contributed by atoms with Gasteiger partial charge in [-0.25, -0.2) is 10.4 Å². The van der Waals surface area contributed by atoms with Crippen LogP contribution < -0.4 is 11.2 Å². The molecule has 0 saturated heterocycles. The standard InChI is InChI=1S/C12H10Cl2N4OS/c1-6-10(20-12(15)17-6)11(19)18-16-5-7-2-3-8(13)9(14)4-7/h2-5H,1H3,(H2,15,17)(H,18,19)/b16-5-. The SMILES string of the molecule is Cc1nc(N)sc1C(=O)N/N=C\c1ccc(Cl)c(Cl)c1. The van der Waals surface area contributed by atoms with Gasteiger partial charge in [0.25, 0.3) is 5.91 Å². The van der Waals surface area contributed by atoms with Gasteiger partial charge < -0.3 is 5.73 Å². The van der Waals surface area contributed by atoms with Crippen molar-refractivity contribution in [1.82, 2.24) is 10.4 Å². The quantitative estimate of drug-likeness (QED) is 0.671. The Hall–Kier alpha value is -1.63. The number of hydrazone groups is 1. The molecule has 104 valence electrons. The summed E-state index contributed by atoms with van der Waals surface area (Å²) < 4.78 is 0. The molecule has 0 bridgehead atoms. The van der Waals surface area contributed by atoms with E-state index >= 15 is 0 Å². The molecule has 3 N–H and O–H groups in total. The van der Waals surface area contributed by atoms with Crippen LogP contribution in [0.2, 0.25) is 10.0 Å². The zero-order chi connectivity index (χ0) is 14.7. The molecule has 0 spiro atoms. The summed E-state index contributed by atoms with van der Waals surface area (Å²) in [4.78, 5) is 16.2. The van der Waals surface area contributed by atoms with Gasteiger partial charge in [-0.2, -0.15) is 5.10 Å². The number of nitrogens with one attached hydrogen (secondary N) is 1. The third-order valence-electron chi connectivity index (χ3n) is 2.34. The van der Waals surface area contributed by atoms with Crippen LogP contribution in [0.4, 0.5) is 5.13 Å². The van der Waals surface area contributed by atoms with Crippen molar-refractivity contribution in [2.24, 2.45) is 5.10 Å². The molecule has 0 saturated carbocycles. The summed E-state index contributed by atoms with van der Waals surface area (Å²) in [5, 5.41) is 5.08. The van der Waals surface area contributed by atoms with E-state index in [0.29, 0.717) is 25.7 Å². The number of nitrogen functional groups attached to an aromatic ring is 1. The summed E-state index contributed by atoms with van der Waals surface area (Å²) in [6, 6.07) is 5.04. The molecule has 5 nitrogen and oxygen atoms in total. The van der Waals surface area contributed by atoms with Crippen molar-refractivity contribution in [3.63, 3.8) is 0 Å². The molecule has 1 amide bonds. The minimum Gasteiger partial charge on any atom is -0.375 e. The van der Waals surface area contributed by atoms with Crippen LogP contribution in [0.5, 0.6) is 0 Å². The summed E-state index contributed by atoms with van der Waals surface area (Å²) in [5.41, 5.74) is 9.24. The van der Waals surface area contributed by atoms with Crippen molar-refractivity contribution < 1.29 is 4.79 Å². The number of anilines is 1. The Morgan fingerprint density at radius 2 is 2.20 bits per heavy atom. The number of rotatable bonds is 3. The molecule has 1 aromatic carbocycles. The predicted molar refractivity (Wildman–Crippen MR) is 82.8 cm³/mol. The van der Waals surface area contributed by atoms with Crippen LogP contribution in [0.15, 0.2) is 23.3 Å². The van der Waals surface area contributed by atoms with Gasteiger partial charge in [0.2, 0.25) is 0 Å². The normalized spacial score (nSPS) is 10.9.